The minimum absolute atomic E-state index is 0.0192. The molecule has 1 aliphatic rings. The Kier molecular flexibility index (Phi) is 6.92. The van der Waals surface area contributed by atoms with Crippen LogP contribution < -0.4 is 16.2 Å². The zero-order valence-corrected chi connectivity index (χ0v) is 20.4. The topological polar surface area (TPSA) is 105 Å². The Hall–Kier alpha value is -4.05. The Morgan fingerprint density at radius 2 is 1.69 bits per heavy atom. The van der Waals surface area contributed by atoms with Gasteiger partial charge in [0.15, 0.2) is 0 Å². The molecule has 1 aromatic heterocycles. The van der Waals surface area contributed by atoms with E-state index < -0.39 is 11.9 Å². The largest absolute Gasteiger partial charge is 0.336 e. The van der Waals surface area contributed by atoms with Crippen LogP contribution in [0, 0.1) is 13.8 Å². The molecule has 10 heteroatoms. The summed E-state index contributed by atoms with van der Waals surface area (Å²) in [6, 6.07) is 16.1. The van der Waals surface area contributed by atoms with Crippen molar-refractivity contribution in [2.24, 2.45) is 7.05 Å². The molecule has 0 spiro atoms. The molecule has 2 heterocycles. The summed E-state index contributed by atoms with van der Waals surface area (Å²) in [5, 5.41) is 4.82. The van der Waals surface area contributed by atoms with Crippen molar-refractivity contribution in [1.29, 1.82) is 0 Å². The zero-order valence-electron chi connectivity index (χ0n) is 19.6. The van der Waals surface area contributed by atoms with Crippen LogP contribution in [0.1, 0.15) is 16.8 Å². The molecule has 2 aromatic carbocycles. The van der Waals surface area contributed by atoms with E-state index in [2.05, 4.69) is 10.6 Å². The average molecular weight is 492 g/mol. The number of urea groups is 1. The number of nitrogens with zero attached hydrogens (tertiary/aromatic N) is 3. The average Bonchev–Trinajstić information content (AvgIpc) is 3.22. The number of carbonyl (C=O) groups excluding carboxylic acids is 3. The first-order chi connectivity index (χ1) is 16.8. The summed E-state index contributed by atoms with van der Waals surface area (Å²) in [6.07, 6.45) is 1.68. The third-order valence-electron chi connectivity index (χ3n) is 5.66. The van der Waals surface area contributed by atoms with Gasteiger partial charge in [0.25, 0.3) is 16.7 Å². The van der Waals surface area contributed by atoms with E-state index in [0.29, 0.717) is 16.3 Å². The van der Waals surface area contributed by atoms with Crippen LogP contribution in [-0.2, 0) is 11.8 Å². The SMILES string of the molecule is Cc1ccc(/C=C2\SC(=O)N(CCNC(=O)Nc3c(C)n(C)n(-c4ccccc4)c3=O)C2=O)cc1. The Bertz CT molecular complexity index is 1370. The van der Waals surface area contributed by atoms with Crippen molar-refractivity contribution in [2.75, 3.05) is 18.4 Å². The minimum Gasteiger partial charge on any atom is -0.336 e. The van der Waals surface area contributed by atoms with Crippen LogP contribution in [-0.4, -0.2) is 44.5 Å². The molecular formula is C25H25N5O4S. The summed E-state index contributed by atoms with van der Waals surface area (Å²) in [5.41, 5.74) is 2.98. The Balaban J connectivity index is 1.37. The maximum Gasteiger partial charge on any atom is 0.319 e. The summed E-state index contributed by atoms with van der Waals surface area (Å²) < 4.78 is 3.12. The summed E-state index contributed by atoms with van der Waals surface area (Å²) in [7, 11) is 1.73. The molecular weight excluding hydrogens is 466 g/mol. The van der Waals surface area contributed by atoms with E-state index in [1.54, 1.807) is 36.9 Å². The van der Waals surface area contributed by atoms with Crippen molar-refractivity contribution in [1.82, 2.24) is 19.6 Å². The standard InChI is InChI=1S/C25H25N5O4S/c1-16-9-11-18(12-10-16)15-20-22(31)29(25(34)35-20)14-13-26-24(33)27-21-17(2)28(3)30(23(21)32)19-7-5-4-6-8-19/h4-12,15H,13-14H2,1-3H3,(H2,26,27,33)/b20-15-. The number of imide groups is 1. The van der Waals surface area contributed by atoms with Gasteiger partial charge in [-0.25, -0.2) is 9.48 Å². The number of nitrogens with one attached hydrogen (secondary N) is 2. The van der Waals surface area contributed by atoms with Crippen LogP contribution in [0.5, 0.6) is 0 Å². The highest BCUT2D eigenvalue weighted by Crippen LogP contribution is 2.31. The van der Waals surface area contributed by atoms with Gasteiger partial charge in [0.1, 0.15) is 5.69 Å². The first-order valence-electron chi connectivity index (χ1n) is 11.0. The van der Waals surface area contributed by atoms with Crippen LogP contribution >= 0.6 is 11.8 Å². The zero-order chi connectivity index (χ0) is 25.1. The van der Waals surface area contributed by atoms with Crippen LogP contribution in [0.4, 0.5) is 15.3 Å². The number of carbonyl (C=O) groups is 3. The highest BCUT2D eigenvalue weighted by Gasteiger charge is 2.34. The van der Waals surface area contributed by atoms with Gasteiger partial charge in [-0.1, -0.05) is 48.0 Å². The lowest BCUT2D eigenvalue weighted by Crippen LogP contribution is -2.39. The van der Waals surface area contributed by atoms with E-state index >= 15 is 0 Å². The van der Waals surface area contributed by atoms with E-state index in [0.717, 1.165) is 27.8 Å². The van der Waals surface area contributed by atoms with E-state index in [9.17, 15) is 19.2 Å². The number of anilines is 1. The van der Waals surface area contributed by atoms with Crippen molar-refractivity contribution in [3.05, 3.63) is 86.7 Å². The predicted molar refractivity (Wildman–Crippen MR) is 137 cm³/mol. The van der Waals surface area contributed by atoms with Crippen LogP contribution in [0.2, 0.25) is 0 Å². The van der Waals surface area contributed by atoms with E-state index in [-0.39, 0.29) is 29.6 Å². The maximum atomic E-state index is 12.9. The minimum atomic E-state index is -0.599. The number of hydrogen-bond donors (Lipinski definition) is 2. The molecule has 0 saturated carbocycles. The molecule has 0 unspecified atom stereocenters. The van der Waals surface area contributed by atoms with E-state index in [1.807, 2.05) is 49.4 Å². The second kappa shape index (κ2) is 10.1. The summed E-state index contributed by atoms with van der Waals surface area (Å²) in [6.45, 7) is 3.77. The lowest BCUT2D eigenvalue weighted by Gasteiger charge is -2.13. The normalized spacial score (nSPS) is 14.6. The maximum absolute atomic E-state index is 12.9. The van der Waals surface area contributed by atoms with Crippen molar-refractivity contribution in [2.45, 2.75) is 13.8 Å². The Morgan fingerprint density at radius 3 is 2.37 bits per heavy atom. The molecule has 1 saturated heterocycles. The third-order valence-corrected chi connectivity index (χ3v) is 6.57. The number of aryl methyl sites for hydroxylation is 1. The fourth-order valence-corrected chi connectivity index (χ4v) is 4.52. The molecule has 180 valence electrons. The second-order valence-corrected chi connectivity index (χ2v) is 9.05. The van der Waals surface area contributed by atoms with Gasteiger partial charge in [0, 0.05) is 20.1 Å². The third kappa shape index (κ3) is 5.07. The second-order valence-electron chi connectivity index (χ2n) is 8.06. The number of hydrogen-bond acceptors (Lipinski definition) is 5. The molecule has 9 nitrogen and oxygen atoms in total. The van der Waals surface area contributed by atoms with Crippen molar-refractivity contribution < 1.29 is 14.4 Å². The van der Waals surface area contributed by atoms with Crippen molar-refractivity contribution in [3.63, 3.8) is 0 Å². The van der Waals surface area contributed by atoms with Gasteiger partial charge in [0.05, 0.1) is 16.3 Å². The van der Waals surface area contributed by atoms with Gasteiger partial charge in [-0.05, 0) is 49.4 Å². The number of aromatic nitrogens is 2. The van der Waals surface area contributed by atoms with E-state index in [1.165, 1.54) is 4.68 Å². The number of amides is 4. The first-order valence-corrected chi connectivity index (χ1v) is 11.8. The van der Waals surface area contributed by atoms with Gasteiger partial charge < -0.3 is 10.6 Å². The molecule has 0 aliphatic carbocycles. The Morgan fingerprint density at radius 1 is 1.00 bits per heavy atom. The first kappa shape index (κ1) is 24.1. The smallest absolute Gasteiger partial charge is 0.319 e. The van der Waals surface area contributed by atoms with Gasteiger partial charge in [-0.2, -0.15) is 0 Å². The van der Waals surface area contributed by atoms with Gasteiger partial charge >= 0.3 is 6.03 Å². The molecule has 0 atom stereocenters. The molecule has 2 N–H and O–H groups in total. The number of thioether (sulfide) groups is 1. The molecule has 4 amide bonds. The summed E-state index contributed by atoms with van der Waals surface area (Å²) >= 11 is 0.872. The molecule has 35 heavy (non-hydrogen) atoms. The molecule has 3 aromatic rings. The van der Waals surface area contributed by atoms with Gasteiger partial charge in [0.2, 0.25) is 0 Å². The molecule has 1 aliphatic heterocycles. The fraction of sp³-hybridized carbons (Fsp3) is 0.200. The fourth-order valence-electron chi connectivity index (χ4n) is 3.66. The highest BCUT2D eigenvalue weighted by molar-refractivity contribution is 8.18. The Labute approximate surface area is 206 Å². The lowest BCUT2D eigenvalue weighted by atomic mass is 10.1. The van der Waals surface area contributed by atoms with Gasteiger partial charge in [-0.15, -0.1) is 0 Å². The molecule has 0 radical (unpaired) electrons. The predicted octanol–water partition coefficient (Wildman–Crippen LogP) is 3.65. The molecule has 4 rings (SSSR count). The lowest BCUT2D eigenvalue weighted by molar-refractivity contribution is -0.122. The van der Waals surface area contributed by atoms with Crippen molar-refractivity contribution in [3.8, 4) is 5.69 Å². The number of para-hydroxylation sites is 1. The van der Waals surface area contributed by atoms with Crippen LogP contribution in [0.15, 0.2) is 64.3 Å². The summed E-state index contributed by atoms with van der Waals surface area (Å²) in [4.78, 5) is 51.8. The quantitative estimate of drug-likeness (QED) is 0.512. The monoisotopic (exact) mass is 491 g/mol. The number of rotatable bonds is 6. The summed E-state index contributed by atoms with van der Waals surface area (Å²) in [5.74, 6) is -0.396. The van der Waals surface area contributed by atoms with Crippen LogP contribution in [0.25, 0.3) is 11.8 Å². The van der Waals surface area contributed by atoms with Crippen LogP contribution in [0.3, 0.4) is 0 Å². The van der Waals surface area contributed by atoms with Crippen molar-refractivity contribution >= 4 is 40.7 Å². The highest BCUT2D eigenvalue weighted by atomic mass is 32.2. The van der Waals surface area contributed by atoms with E-state index in [4.69, 9.17) is 0 Å². The molecule has 0 bridgehead atoms. The number of benzene rings is 2. The van der Waals surface area contributed by atoms with Gasteiger partial charge in [-0.3, -0.25) is 24.0 Å². The molecule has 1 fully saturated rings.